The highest BCUT2D eigenvalue weighted by molar-refractivity contribution is 5.99. The Morgan fingerprint density at radius 3 is 2.47 bits per heavy atom. The second-order valence-electron chi connectivity index (χ2n) is 8.74. The van der Waals surface area contributed by atoms with Gasteiger partial charge in [0.25, 0.3) is 11.8 Å². The average Bonchev–Trinajstić information content (AvgIpc) is 2.76. The lowest BCUT2D eigenvalue weighted by Gasteiger charge is -2.49. The number of nitrogens with zero attached hydrogens (tertiary/aromatic N) is 2. The number of piperidine rings is 1. The number of aromatic hydroxyl groups is 1. The summed E-state index contributed by atoms with van der Waals surface area (Å²) in [5, 5.41) is 12.7. The quantitative estimate of drug-likeness (QED) is 0.657. The van der Waals surface area contributed by atoms with Gasteiger partial charge >= 0.3 is 0 Å². The van der Waals surface area contributed by atoms with Crippen molar-refractivity contribution < 1.29 is 32.3 Å². The summed E-state index contributed by atoms with van der Waals surface area (Å²) in [6, 6.07) is -0.186. The first kappa shape index (κ1) is 23.8. The van der Waals surface area contributed by atoms with Crippen molar-refractivity contribution in [2.45, 2.75) is 58.0 Å². The summed E-state index contributed by atoms with van der Waals surface area (Å²) < 4.78 is 56.7. The maximum atomic E-state index is 14.6. The minimum atomic E-state index is -1.24. The molecule has 2 N–H and O–H groups in total. The number of nitrogens with one attached hydrogen (secondary N) is 1. The number of hydrogen-bond acceptors (Lipinski definition) is 4. The highest BCUT2D eigenvalue weighted by Crippen LogP contribution is 2.37. The van der Waals surface area contributed by atoms with Crippen LogP contribution in [-0.2, 0) is 13.1 Å². The molecule has 0 radical (unpaired) electrons. The Morgan fingerprint density at radius 2 is 1.85 bits per heavy atom. The number of hydrogen-bond donors (Lipinski definition) is 2. The first-order valence-electron chi connectivity index (χ1n) is 10.9. The molecule has 1 aromatic heterocycles. The summed E-state index contributed by atoms with van der Waals surface area (Å²) in [5.41, 5.74) is -2.63. The molecule has 11 heteroatoms. The Hall–Kier alpha value is -3.37. The van der Waals surface area contributed by atoms with Gasteiger partial charge in [-0.1, -0.05) is 13.8 Å². The fraction of sp³-hybridized carbons (Fsp3) is 0.435. The summed E-state index contributed by atoms with van der Waals surface area (Å²) in [6.07, 6.45) is 0.474. The van der Waals surface area contributed by atoms with Crippen molar-refractivity contribution in [2.24, 2.45) is 5.92 Å². The van der Waals surface area contributed by atoms with Gasteiger partial charge in [0, 0.05) is 37.0 Å². The molecule has 2 amide bonds. The van der Waals surface area contributed by atoms with Crippen molar-refractivity contribution in [2.75, 3.05) is 0 Å². The van der Waals surface area contributed by atoms with E-state index < -0.39 is 76.4 Å². The van der Waals surface area contributed by atoms with Gasteiger partial charge in [-0.15, -0.1) is 0 Å². The Morgan fingerprint density at radius 1 is 1.21 bits per heavy atom. The molecule has 1 fully saturated rings. The molecule has 2 aliphatic rings. The number of alkyl halides is 1. The Kier molecular flexibility index (Phi) is 6.13. The third-order valence-electron chi connectivity index (χ3n) is 6.66. The van der Waals surface area contributed by atoms with E-state index in [1.165, 1.54) is 9.47 Å². The standard InChI is InChI=1S/C23H23F4N3O4/c1-3-17-16(27)4-10(2)18-9-29-8-13(20(31)21(32)19(29)23(34)30(17)18)22(33)28-7-12-14(25)5-11(24)6-15(12)26/h5-6,8,10,16-18,32H,3-4,7,9H2,1-2H3,(H,28,33)/t10?,16-,17?,18?/m1/s1. The summed E-state index contributed by atoms with van der Waals surface area (Å²) in [4.78, 5) is 39.9. The van der Waals surface area contributed by atoms with Crippen molar-refractivity contribution in [3.63, 3.8) is 0 Å². The number of rotatable bonds is 4. The zero-order valence-electron chi connectivity index (χ0n) is 18.4. The van der Waals surface area contributed by atoms with Crippen LogP contribution in [-0.4, -0.2) is 44.6 Å². The van der Waals surface area contributed by atoms with Crippen LogP contribution in [0.5, 0.6) is 5.75 Å². The van der Waals surface area contributed by atoms with E-state index in [9.17, 15) is 37.1 Å². The van der Waals surface area contributed by atoms with Crippen LogP contribution < -0.4 is 10.7 Å². The summed E-state index contributed by atoms with van der Waals surface area (Å²) in [7, 11) is 0. The normalized spacial score (nSPS) is 23.9. The zero-order chi connectivity index (χ0) is 24.9. The van der Waals surface area contributed by atoms with Gasteiger partial charge in [0.05, 0.1) is 12.1 Å². The molecule has 2 aliphatic heterocycles. The van der Waals surface area contributed by atoms with Gasteiger partial charge in [-0.2, -0.15) is 0 Å². The Labute approximate surface area is 192 Å². The number of halogens is 4. The summed E-state index contributed by atoms with van der Waals surface area (Å²) >= 11 is 0. The second-order valence-corrected chi connectivity index (χ2v) is 8.74. The smallest absolute Gasteiger partial charge is 0.275 e. The van der Waals surface area contributed by atoms with Crippen LogP contribution in [0.1, 0.15) is 53.1 Å². The molecule has 4 rings (SSSR count). The van der Waals surface area contributed by atoms with Crippen LogP contribution in [0, 0.1) is 23.4 Å². The third-order valence-corrected chi connectivity index (χ3v) is 6.66. The summed E-state index contributed by atoms with van der Waals surface area (Å²) in [5.74, 6) is -6.46. The van der Waals surface area contributed by atoms with E-state index in [1.807, 2.05) is 0 Å². The van der Waals surface area contributed by atoms with Gasteiger partial charge in [0.1, 0.15) is 29.2 Å². The lowest BCUT2D eigenvalue weighted by Crippen LogP contribution is -2.62. The van der Waals surface area contributed by atoms with E-state index in [4.69, 9.17) is 0 Å². The Bertz CT molecular complexity index is 1210. The molecule has 3 unspecified atom stereocenters. The van der Waals surface area contributed by atoms with Gasteiger partial charge in [0.15, 0.2) is 11.4 Å². The molecule has 2 aromatic rings. The van der Waals surface area contributed by atoms with E-state index >= 15 is 0 Å². The first-order chi connectivity index (χ1) is 16.0. The molecule has 0 spiro atoms. The van der Waals surface area contributed by atoms with Crippen LogP contribution in [0.4, 0.5) is 17.6 Å². The molecule has 0 bridgehead atoms. The monoisotopic (exact) mass is 481 g/mol. The van der Waals surface area contributed by atoms with E-state index in [0.717, 1.165) is 6.20 Å². The number of amides is 2. The van der Waals surface area contributed by atoms with Crippen molar-refractivity contribution in [1.29, 1.82) is 0 Å². The number of fused-ring (bicyclic) bond motifs is 2. The van der Waals surface area contributed by atoms with Gasteiger partial charge in [0.2, 0.25) is 5.43 Å². The van der Waals surface area contributed by atoms with E-state index in [1.54, 1.807) is 13.8 Å². The number of benzene rings is 1. The number of aromatic nitrogens is 1. The van der Waals surface area contributed by atoms with Crippen molar-refractivity contribution in [3.05, 3.63) is 62.8 Å². The Balaban J connectivity index is 1.66. The van der Waals surface area contributed by atoms with E-state index in [2.05, 4.69) is 5.32 Å². The van der Waals surface area contributed by atoms with Crippen LogP contribution >= 0.6 is 0 Å². The minimum absolute atomic E-state index is 0.126. The fourth-order valence-corrected chi connectivity index (χ4v) is 4.89. The molecule has 34 heavy (non-hydrogen) atoms. The molecular weight excluding hydrogens is 458 g/mol. The maximum Gasteiger partial charge on any atom is 0.275 e. The lowest BCUT2D eigenvalue weighted by molar-refractivity contribution is -0.0179. The van der Waals surface area contributed by atoms with Crippen molar-refractivity contribution in [1.82, 2.24) is 14.8 Å². The predicted molar refractivity (Wildman–Crippen MR) is 113 cm³/mol. The highest BCUT2D eigenvalue weighted by atomic mass is 19.1. The molecule has 1 saturated heterocycles. The fourth-order valence-electron chi connectivity index (χ4n) is 4.89. The molecular formula is C23H23F4N3O4. The molecule has 7 nitrogen and oxygen atoms in total. The average molecular weight is 481 g/mol. The van der Waals surface area contributed by atoms with Crippen LogP contribution in [0.15, 0.2) is 23.1 Å². The van der Waals surface area contributed by atoms with Crippen molar-refractivity contribution >= 4 is 11.8 Å². The zero-order valence-corrected chi connectivity index (χ0v) is 18.4. The maximum absolute atomic E-state index is 14.6. The predicted octanol–water partition coefficient (Wildman–Crippen LogP) is 2.88. The van der Waals surface area contributed by atoms with Crippen LogP contribution in [0.25, 0.3) is 0 Å². The van der Waals surface area contributed by atoms with E-state index in [-0.39, 0.29) is 24.6 Å². The lowest BCUT2D eigenvalue weighted by atomic mass is 9.82. The summed E-state index contributed by atoms with van der Waals surface area (Å²) in [6.45, 7) is 3.00. The molecule has 4 atom stereocenters. The van der Waals surface area contributed by atoms with Gasteiger partial charge in [-0.05, 0) is 18.8 Å². The number of carbonyl (C=O) groups is 2. The number of carbonyl (C=O) groups excluding carboxylic acids is 2. The number of pyridine rings is 1. The molecule has 0 saturated carbocycles. The van der Waals surface area contributed by atoms with Gasteiger partial charge in [-0.25, -0.2) is 17.6 Å². The highest BCUT2D eigenvalue weighted by Gasteiger charge is 2.47. The van der Waals surface area contributed by atoms with Crippen LogP contribution in [0.2, 0.25) is 0 Å². The second kappa shape index (κ2) is 8.77. The third kappa shape index (κ3) is 3.82. The van der Waals surface area contributed by atoms with Gasteiger partial charge < -0.3 is 19.9 Å². The molecule has 182 valence electrons. The van der Waals surface area contributed by atoms with Crippen LogP contribution in [0.3, 0.4) is 0 Å². The topological polar surface area (TPSA) is 91.6 Å². The van der Waals surface area contributed by atoms with Crippen molar-refractivity contribution in [3.8, 4) is 5.75 Å². The molecule has 1 aromatic carbocycles. The molecule has 3 heterocycles. The first-order valence-corrected chi connectivity index (χ1v) is 10.9. The SMILES string of the molecule is CCC1[C@H](F)CC(C)C2Cn3cc(C(=O)NCc4c(F)cc(F)cc4F)c(=O)c(O)c3C(=O)N21. The largest absolute Gasteiger partial charge is 0.503 e. The van der Waals surface area contributed by atoms with Gasteiger partial charge in [-0.3, -0.25) is 14.4 Å². The minimum Gasteiger partial charge on any atom is -0.503 e. The molecule has 0 aliphatic carbocycles. The van der Waals surface area contributed by atoms with E-state index in [0.29, 0.717) is 18.6 Å².